The summed E-state index contributed by atoms with van der Waals surface area (Å²) in [6, 6.07) is 28.3. The topological polar surface area (TPSA) is 44.9 Å². The van der Waals surface area contributed by atoms with Crippen molar-refractivity contribution in [3.63, 3.8) is 0 Å². The third kappa shape index (κ3) is 3.38. The molecular formula is C23H20N2O. The molecule has 0 atom stereocenters. The molecule has 0 aliphatic rings. The number of H-pyrrole nitrogens is 1. The molecule has 3 nitrogen and oxygen atoms in total. The van der Waals surface area contributed by atoms with E-state index in [-0.39, 0.29) is 11.8 Å². The van der Waals surface area contributed by atoms with Crippen molar-refractivity contribution in [2.75, 3.05) is 5.32 Å². The Bertz CT molecular complexity index is 967. The Hall–Kier alpha value is -3.33. The Morgan fingerprint density at radius 3 is 2.12 bits per heavy atom. The largest absolute Gasteiger partial charge is 0.361 e. The van der Waals surface area contributed by atoms with Gasteiger partial charge in [-0.3, -0.25) is 4.79 Å². The summed E-state index contributed by atoms with van der Waals surface area (Å²) in [5.74, 6) is 0.0410. The molecule has 1 aromatic heterocycles. The second-order valence-corrected chi connectivity index (χ2v) is 6.37. The van der Waals surface area contributed by atoms with Gasteiger partial charge in [0.2, 0.25) is 5.91 Å². The zero-order valence-corrected chi connectivity index (χ0v) is 14.4. The number of anilines is 1. The van der Waals surface area contributed by atoms with E-state index in [4.69, 9.17) is 0 Å². The molecule has 0 saturated carbocycles. The van der Waals surface area contributed by atoms with E-state index < -0.39 is 0 Å². The number of aromatic amines is 1. The average molecular weight is 340 g/mol. The van der Waals surface area contributed by atoms with Crippen LogP contribution in [0.25, 0.3) is 10.9 Å². The molecule has 0 saturated heterocycles. The Kier molecular flexibility index (Phi) is 4.52. The molecule has 0 fully saturated rings. The number of hydrogen-bond acceptors (Lipinski definition) is 1. The van der Waals surface area contributed by atoms with Crippen molar-refractivity contribution in [2.24, 2.45) is 0 Å². The lowest BCUT2D eigenvalue weighted by Crippen LogP contribution is -2.16. The van der Waals surface area contributed by atoms with Crippen LogP contribution in [0.2, 0.25) is 0 Å². The fourth-order valence-electron chi connectivity index (χ4n) is 3.38. The van der Waals surface area contributed by atoms with E-state index in [1.54, 1.807) is 0 Å². The first-order valence-corrected chi connectivity index (χ1v) is 8.77. The quantitative estimate of drug-likeness (QED) is 0.507. The molecule has 128 valence electrons. The minimum absolute atomic E-state index is 0.0106. The van der Waals surface area contributed by atoms with E-state index in [1.165, 1.54) is 0 Å². The van der Waals surface area contributed by atoms with Gasteiger partial charge in [0.1, 0.15) is 0 Å². The monoisotopic (exact) mass is 340 g/mol. The Morgan fingerprint density at radius 1 is 0.808 bits per heavy atom. The van der Waals surface area contributed by atoms with Crippen LogP contribution in [0.4, 0.5) is 5.69 Å². The highest BCUT2D eigenvalue weighted by Gasteiger charge is 2.18. The third-order valence-electron chi connectivity index (χ3n) is 4.66. The summed E-state index contributed by atoms with van der Waals surface area (Å²) >= 11 is 0. The predicted octanol–water partition coefficient (Wildman–Crippen LogP) is 5.33. The smallest absolute Gasteiger partial charge is 0.225 e. The second kappa shape index (κ2) is 7.28. The maximum absolute atomic E-state index is 12.8. The van der Waals surface area contributed by atoms with Gasteiger partial charge in [0.05, 0.1) is 5.69 Å². The molecule has 3 aromatic carbocycles. The van der Waals surface area contributed by atoms with Gasteiger partial charge in [-0.05, 0) is 29.3 Å². The zero-order valence-electron chi connectivity index (χ0n) is 14.4. The van der Waals surface area contributed by atoms with E-state index in [1.807, 2.05) is 66.9 Å². The molecule has 4 aromatic rings. The van der Waals surface area contributed by atoms with Crippen molar-refractivity contribution in [2.45, 2.75) is 12.3 Å². The molecule has 3 heteroatoms. The van der Waals surface area contributed by atoms with E-state index in [0.29, 0.717) is 6.42 Å². The van der Waals surface area contributed by atoms with Crippen molar-refractivity contribution in [1.82, 2.24) is 4.98 Å². The van der Waals surface area contributed by atoms with Crippen molar-refractivity contribution >= 4 is 22.5 Å². The third-order valence-corrected chi connectivity index (χ3v) is 4.66. The Balaban J connectivity index is 1.59. The van der Waals surface area contributed by atoms with Crippen LogP contribution in [-0.2, 0) is 4.79 Å². The minimum Gasteiger partial charge on any atom is -0.361 e. The van der Waals surface area contributed by atoms with Crippen LogP contribution < -0.4 is 5.32 Å². The predicted molar refractivity (Wildman–Crippen MR) is 106 cm³/mol. The maximum atomic E-state index is 12.8. The molecule has 0 spiro atoms. The van der Waals surface area contributed by atoms with E-state index >= 15 is 0 Å². The van der Waals surface area contributed by atoms with Gasteiger partial charge in [0, 0.05) is 29.4 Å². The Labute approximate surface area is 152 Å². The number of carbonyl (C=O) groups excluding carboxylic acids is 1. The van der Waals surface area contributed by atoms with Gasteiger partial charge >= 0.3 is 0 Å². The lowest BCUT2D eigenvalue weighted by molar-refractivity contribution is -0.116. The molecular weight excluding hydrogens is 320 g/mol. The molecule has 0 bridgehead atoms. The van der Waals surface area contributed by atoms with E-state index in [2.05, 4.69) is 34.6 Å². The lowest BCUT2D eigenvalue weighted by atomic mass is 9.88. The van der Waals surface area contributed by atoms with Crippen LogP contribution in [-0.4, -0.2) is 10.9 Å². The number of nitrogens with one attached hydrogen (secondary N) is 2. The number of hydrogen-bond donors (Lipinski definition) is 2. The number of carbonyl (C=O) groups is 1. The van der Waals surface area contributed by atoms with Gasteiger partial charge in [0.25, 0.3) is 0 Å². The van der Waals surface area contributed by atoms with Gasteiger partial charge < -0.3 is 10.3 Å². The molecule has 4 rings (SSSR count). The summed E-state index contributed by atoms with van der Waals surface area (Å²) in [5, 5.41) is 4.11. The summed E-state index contributed by atoms with van der Waals surface area (Å²) < 4.78 is 0. The van der Waals surface area contributed by atoms with Crippen molar-refractivity contribution < 1.29 is 4.79 Å². The van der Waals surface area contributed by atoms with Gasteiger partial charge in [-0.15, -0.1) is 0 Å². The molecule has 26 heavy (non-hydrogen) atoms. The summed E-state index contributed by atoms with van der Waals surface area (Å²) in [7, 11) is 0. The SMILES string of the molecule is O=C(CC(c1ccccc1)c1ccccc1)Nc1cccc2[nH]ccc12. The van der Waals surface area contributed by atoms with Gasteiger partial charge in [-0.2, -0.15) is 0 Å². The highest BCUT2D eigenvalue weighted by atomic mass is 16.1. The Morgan fingerprint density at radius 2 is 1.46 bits per heavy atom. The molecule has 1 amide bonds. The normalized spacial score (nSPS) is 11.0. The lowest BCUT2D eigenvalue weighted by Gasteiger charge is -2.18. The second-order valence-electron chi connectivity index (χ2n) is 6.37. The standard InChI is InChI=1S/C23H20N2O/c26-23(25-22-13-7-12-21-19(22)14-15-24-21)16-20(17-8-3-1-4-9-17)18-10-5-2-6-11-18/h1-15,20,24H,16H2,(H,25,26). The first-order valence-electron chi connectivity index (χ1n) is 8.77. The van der Waals surface area contributed by atoms with E-state index in [0.717, 1.165) is 27.7 Å². The fraction of sp³-hybridized carbons (Fsp3) is 0.0870. The summed E-state index contributed by atoms with van der Waals surface area (Å²) in [6.45, 7) is 0. The van der Waals surface area contributed by atoms with Crippen molar-refractivity contribution in [1.29, 1.82) is 0 Å². The average Bonchev–Trinajstić information content (AvgIpc) is 3.17. The maximum Gasteiger partial charge on any atom is 0.225 e. The van der Waals surface area contributed by atoms with Crippen LogP contribution in [0.1, 0.15) is 23.5 Å². The van der Waals surface area contributed by atoms with Crippen LogP contribution in [0.15, 0.2) is 91.1 Å². The van der Waals surface area contributed by atoms with Crippen molar-refractivity contribution in [3.05, 3.63) is 102 Å². The van der Waals surface area contributed by atoms with Gasteiger partial charge in [0.15, 0.2) is 0 Å². The van der Waals surface area contributed by atoms with Crippen LogP contribution in [0, 0.1) is 0 Å². The number of fused-ring (bicyclic) bond motifs is 1. The molecule has 0 aliphatic carbocycles. The van der Waals surface area contributed by atoms with Gasteiger partial charge in [-0.1, -0.05) is 66.7 Å². The first-order chi connectivity index (χ1) is 12.8. The van der Waals surface area contributed by atoms with Crippen LogP contribution >= 0.6 is 0 Å². The van der Waals surface area contributed by atoms with E-state index in [9.17, 15) is 4.79 Å². The molecule has 0 radical (unpaired) electrons. The molecule has 0 unspecified atom stereocenters. The van der Waals surface area contributed by atoms with Gasteiger partial charge in [-0.25, -0.2) is 0 Å². The minimum atomic E-state index is 0.0106. The highest BCUT2D eigenvalue weighted by molar-refractivity contribution is 6.01. The first kappa shape index (κ1) is 16.2. The van der Waals surface area contributed by atoms with Crippen molar-refractivity contribution in [3.8, 4) is 0 Å². The molecule has 0 aliphatic heterocycles. The number of rotatable bonds is 5. The number of aromatic nitrogens is 1. The summed E-state index contributed by atoms with van der Waals surface area (Å²) in [4.78, 5) is 16.0. The molecule has 1 heterocycles. The highest BCUT2D eigenvalue weighted by Crippen LogP contribution is 2.29. The fourth-order valence-corrected chi connectivity index (χ4v) is 3.38. The van der Waals surface area contributed by atoms with Crippen LogP contribution in [0.3, 0.4) is 0 Å². The molecule has 2 N–H and O–H groups in total. The van der Waals surface area contributed by atoms with Crippen LogP contribution in [0.5, 0.6) is 0 Å². The summed E-state index contributed by atoms with van der Waals surface area (Å²) in [6.07, 6.45) is 2.28. The number of amides is 1. The number of benzene rings is 3. The summed E-state index contributed by atoms with van der Waals surface area (Å²) in [5.41, 5.74) is 4.15. The zero-order chi connectivity index (χ0) is 17.8.